The van der Waals surface area contributed by atoms with E-state index in [-0.39, 0.29) is 11.9 Å². The molecule has 4 nitrogen and oxygen atoms in total. The molecular weight excluding hydrogens is 403 g/mol. The number of aliphatic hydroxyl groups is 1. The largest absolute Gasteiger partial charge is 0.490 e. The predicted molar refractivity (Wildman–Crippen MR) is 129 cm³/mol. The second-order valence-electron chi connectivity index (χ2n) is 8.83. The number of hydrogen-bond donors (Lipinski definition) is 1. The van der Waals surface area contributed by atoms with Crippen molar-refractivity contribution >= 4 is 0 Å². The Kier molecular flexibility index (Phi) is 12.9. The summed E-state index contributed by atoms with van der Waals surface area (Å²) in [5.41, 5.74) is 1.39. The van der Waals surface area contributed by atoms with Crippen LogP contribution < -0.4 is 4.74 Å². The Morgan fingerprint density at radius 1 is 0.906 bits per heavy atom. The maximum Gasteiger partial charge on any atom is 0.162 e. The van der Waals surface area contributed by atoms with E-state index in [0.717, 1.165) is 44.1 Å². The van der Waals surface area contributed by atoms with Gasteiger partial charge < -0.3 is 9.84 Å². The molecule has 0 aliphatic carbocycles. The SMILES string of the molecule is CCCCCCCCCCOc1cnc(-c2ccc(CCCCCC(C)O)cc2F)nc1. The minimum Gasteiger partial charge on any atom is -0.490 e. The van der Waals surface area contributed by atoms with Crippen molar-refractivity contribution in [1.29, 1.82) is 0 Å². The highest BCUT2D eigenvalue weighted by Gasteiger charge is 2.09. The smallest absolute Gasteiger partial charge is 0.162 e. The number of halogens is 1. The van der Waals surface area contributed by atoms with Crippen LogP contribution >= 0.6 is 0 Å². The number of ether oxygens (including phenoxy) is 1. The van der Waals surface area contributed by atoms with E-state index in [1.807, 2.05) is 13.0 Å². The summed E-state index contributed by atoms with van der Waals surface area (Å²) < 4.78 is 20.3. The van der Waals surface area contributed by atoms with Crippen LogP contribution in [0.5, 0.6) is 5.75 Å². The normalized spacial score (nSPS) is 12.1. The van der Waals surface area contributed by atoms with Gasteiger partial charge in [0.15, 0.2) is 11.6 Å². The first-order chi connectivity index (χ1) is 15.6. The van der Waals surface area contributed by atoms with Crippen LogP contribution in [0.25, 0.3) is 11.4 Å². The minimum absolute atomic E-state index is 0.242. The van der Waals surface area contributed by atoms with Crippen LogP contribution in [0, 0.1) is 5.82 Å². The molecule has 0 aliphatic rings. The van der Waals surface area contributed by atoms with Crippen LogP contribution in [0.2, 0.25) is 0 Å². The number of nitrogens with zero attached hydrogens (tertiary/aromatic N) is 2. The molecule has 1 atom stereocenters. The number of aliphatic hydroxyl groups excluding tert-OH is 1. The van der Waals surface area contributed by atoms with Crippen molar-refractivity contribution in [3.8, 4) is 17.1 Å². The Hall–Kier alpha value is -2.01. The van der Waals surface area contributed by atoms with Gasteiger partial charge in [0.1, 0.15) is 5.82 Å². The maximum atomic E-state index is 14.6. The van der Waals surface area contributed by atoms with E-state index >= 15 is 0 Å². The van der Waals surface area contributed by atoms with Gasteiger partial charge in [-0.05, 0) is 50.3 Å². The maximum absolute atomic E-state index is 14.6. The molecule has 1 aromatic carbocycles. The number of aromatic nitrogens is 2. The molecule has 0 bridgehead atoms. The predicted octanol–water partition coefficient (Wildman–Crippen LogP) is 7.29. The molecule has 0 saturated heterocycles. The van der Waals surface area contributed by atoms with E-state index in [4.69, 9.17) is 4.74 Å². The van der Waals surface area contributed by atoms with Gasteiger partial charge in [-0.15, -0.1) is 0 Å². The third kappa shape index (κ3) is 10.5. The van der Waals surface area contributed by atoms with Gasteiger partial charge in [-0.25, -0.2) is 14.4 Å². The Labute approximate surface area is 193 Å². The third-order valence-electron chi connectivity index (χ3n) is 5.76. The van der Waals surface area contributed by atoms with Gasteiger partial charge in [-0.1, -0.05) is 70.8 Å². The fourth-order valence-corrected chi connectivity index (χ4v) is 3.80. The van der Waals surface area contributed by atoms with Crippen molar-refractivity contribution in [2.24, 2.45) is 0 Å². The lowest BCUT2D eigenvalue weighted by molar-refractivity contribution is 0.180. The lowest BCUT2D eigenvalue weighted by atomic mass is 10.0. The molecule has 1 N–H and O–H groups in total. The first-order valence-corrected chi connectivity index (χ1v) is 12.5. The lowest BCUT2D eigenvalue weighted by Crippen LogP contribution is -2.00. The van der Waals surface area contributed by atoms with E-state index in [1.54, 1.807) is 24.5 Å². The summed E-state index contributed by atoms with van der Waals surface area (Å²) in [5.74, 6) is 0.718. The Balaban J connectivity index is 1.70. The second-order valence-corrected chi connectivity index (χ2v) is 8.83. The number of rotatable bonds is 17. The van der Waals surface area contributed by atoms with Crippen LogP contribution in [-0.4, -0.2) is 27.8 Å². The number of aryl methyl sites for hydroxylation is 1. The van der Waals surface area contributed by atoms with E-state index < -0.39 is 0 Å². The van der Waals surface area contributed by atoms with Crippen molar-refractivity contribution in [3.63, 3.8) is 0 Å². The van der Waals surface area contributed by atoms with Crippen LogP contribution in [-0.2, 0) is 6.42 Å². The molecule has 0 fully saturated rings. The van der Waals surface area contributed by atoms with E-state index in [0.29, 0.717) is 23.7 Å². The molecule has 5 heteroatoms. The van der Waals surface area contributed by atoms with Gasteiger partial charge >= 0.3 is 0 Å². The Morgan fingerprint density at radius 2 is 1.56 bits per heavy atom. The quantitative estimate of drug-likeness (QED) is 0.260. The molecule has 1 heterocycles. The van der Waals surface area contributed by atoms with Crippen molar-refractivity contribution in [2.75, 3.05) is 6.61 Å². The standard InChI is InChI=1S/C27H41FN2O2/c1-3-4-5-6-7-8-9-13-18-32-24-20-29-27(30-21-24)25-17-16-23(19-26(25)28)15-12-10-11-14-22(2)31/h16-17,19-22,31H,3-15,18H2,1-2H3. The molecule has 2 rings (SSSR count). The van der Waals surface area contributed by atoms with Gasteiger partial charge in [0, 0.05) is 0 Å². The van der Waals surface area contributed by atoms with E-state index in [1.165, 1.54) is 44.9 Å². The van der Waals surface area contributed by atoms with Crippen LogP contribution in [0.4, 0.5) is 4.39 Å². The number of hydrogen-bond acceptors (Lipinski definition) is 4. The summed E-state index contributed by atoms with van der Waals surface area (Å²) in [6.07, 6.45) is 17.8. The zero-order chi connectivity index (χ0) is 23.0. The highest BCUT2D eigenvalue weighted by atomic mass is 19.1. The molecule has 0 amide bonds. The summed E-state index contributed by atoms with van der Waals surface area (Å²) in [7, 11) is 0. The van der Waals surface area contributed by atoms with Crippen molar-refractivity contribution in [3.05, 3.63) is 42.0 Å². The molecule has 0 aliphatic heterocycles. The summed E-state index contributed by atoms with van der Waals surface area (Å²) in [6.45, 7) is 4.72. The van der Waals surface area contributed by atoms with Gasteiger partial charge in [0.05, 0.1) is 30.7 Å². The zero-order valence-electron chi connectivity index (χ0n) is 20.0. The highest BCUT2D eigenvalue weighted by Crippen LogP contribution is 2.22. The first kappa shape index (κ1) is 26.2. The highest BCUT2D eigenvalue weighted by molar-refractivity contribution is 5.56. The van der Waals surface area contributed by atoms with E-state index in [9.17, 15) is 9.50 Å². The second kappa shape index (κ2) is 15.7. The molecule has 1 aromatic heterocycles. The molecule has 0 saturated carbocycles. The molecule has 2 aromatic rings. The summed E-state index contributed by atoms with van der Waals surface area (Å²) >= 11 is 0. The minimum atomic E-state index is -0.293. The third-order valence-corrected chi connectivity index (χ3v) is 5.76. The molecular formula is C27H41FN2O2. The molecule has 0 radical (unpaired) electrons. The summed E-state index contributed by atoms with van der Waals surface area (Å²) in [4.78, 5) is 8.60. The molecule has 178 valence electrons. The van der Waals surface area contributed by atoms with Crippen molar-refractivity contribution in [1.82, 2.24) is 9.97 Å². The van der Waals surface area contributed by atoms with Crippen LogP contribution in [0.3, 0.4) is 0 Å². The molecule has 0 spiro atoms. The van der Waals surface area contributed by atoms with Gasteiger partial charge in [0.25, 0.3) is 0 Å². The van der Waals surface area contributed by atoms with Crippen molar-refractivity contribution < 1.29 is 14.2 Å². The fraction of sp³-hybridized carbons (Fsp3) is 0.630. The van der Waals surface area contributed by atoms with Gasteiger partial charge in [-0.3, -0.25) is 0 Å². The average molecular weight is 445 g/mol. The fourth-order valence-electron chi connectivity index (χ4n) is 3.80. The average Bonchev–Trinajstić information content (AvgIpc) is 2.78. The number of benzene rings is 1. The first-order valence-electron chi connectivity index (χ1n) is 12.5. The number of unbranched alkanes of at least 4 members (excludes halogenated alkanes) is 9. The van der Waals surface area contributed by atoms with E-state index in [2.05, 4.69) is 16.9 Å². The van der Waals surface area contributed by atoms with Crippen LogP contribution in [0.15, 0.2) is 30.6 Å². The lowest BCUT2D eigenvalue weighted by Gasteiger charge is -2.08. The molecule has 1 unspecified atom stereocenters. The summed E-state index contributed by atoms with van der Waals surface area (Å²) in [6, 6.07) is 5.29. The summed E-state index contributed by atoms with van der Waals surface area (Å²) in [5, 5.41) is 9.30. The Bertz CT molecular complexity index is 750. The topological polar surface area (TPSA) is 55.2 Å². The molecule has 32 heavy (non-hydrogen) atoms. The Morgan fingerprint density at radius 3 is 2.22 bits per heavy atom. The monoisotopic (exact) mass is 444 g/mol. The van der Waals surface area contributed by atoms with Gasteiger partial charge in [0.2, 0.25) is 0 Å². The van der Waals surface area contributed by atoms with Crippen molar-refractivity contribution in [2.45, 2.75) is 103 Å². The van der Waals surface area contributed by atoms with Gasteiger partial charge in [-0.2, -0.15) is 0 Å². The van der Waals surface area contributed by atoms with Crippen LogP contribution in [0.1, 0.15) is 96.5 Å². The zero-order valence-corrected chi connectivity index (χ0v) is 20.0.